The number of hydrogen-bond donors (Lipinski definition) is 1. The molecule has 1 aliphatic heterocycles. The molecule has 0 saturated carbocycles. The number of benzene rings is 2. The van der Waals surface area contributed by atoms with Crippen molar-refractivity contribution in [2.45, 2.75) is 25.6 Å². The Labute approximate surface area is 168 Å². The highest BCUT2D eigenvalue weighted by molar-refractivity contribution is 6.30. The van der Waals surface area contributed by atoms with Crippen LogP contribution >= 0.6 is 11.6 Å². The van der Waals surface area contributed by atoms with Crippen LogP contribution in [0, 0.1) is 5.82 Å². The first kappa shape index (κ1) is 20.4. The summed E-state index contributed by atoms with van der Waals surface area (Å²) < 4.78 is 18.9. The smallest absolute Gasteiger partial charge is 0.147 e. The maximum absolute atomic E-state index is 13.1. The van der Waals surface area contributed by atoms with Gasteiger partial charge in [0.2, 0.25) is 0 Å². The third-order valence-corrected chi connectivity index (χ3v) is 4.98. The molecule has 0 bridgehead atoms. The van der Waals surface area contributed by atoms with Crippen LogP contribution in [-0.4, -0.2) is 52.8 Å². The Morgan fingerprint density at radius 3 is 2.50 bits per heavy atom. The van der Waals surface area contributed by atoms with Gasteiger partial charge < -0.3 is 14.7 Å². The molecular weight excluding hydrogens is 383 g/mol. The molecule has 0 spiro atoms. The zero-order chi connectivity index (χ0) is 20.1. The van der Waals surface area contributed by atoms with Crippen LogP contribution < -0.4 is 4.74 Å². The van der Waals surface area contributed by atoms with E-state index in [9.17, 15) is 14.3 Å². The molecule has 3 rings (SSSR count). The Kier molecular flexibility index (Phi) is 6.70. The van der Waals surface area contributed by atoms with E-state index in [2.05, 4.69) is 0 Å². The van der Waals surface area contributed by atoms with E-state index >= 15 is 0 Å². The molecule has 1 N–H and O–H groups in total. The fraction of sp³-hybridized carbons (Fsp3) is 0.333. The van der Waals surface area contributed by atoms with Crippen molar-refractivity contribution in [1.82, 2.24) is 9.80 Å². The van der Waals surface area contributed by atoms with Gasteiger partial charge in [0, 0.05) is 24.7 Å². The molecule has 2 atom stereocenters. The highest BCUT2D eigenvalue weighted by atomic mass is 35.5. The fourth-order valence-electron chi connectivity index (χ4n) is 3.33. The number of piperazine rings is 1. The van der Waals surface area contributed by atoms with E-state index in [4.69, 9.17) is 16.3 Å². The molecule has 1 saturated heterocycles. The minimum atomic E-state index is -0.790. The lowest BCUT2D eigenvalue weighted by Gasteiger charge is -2.43. The lowest BCUT2D eigenvalue weighted by Crippen LogP contribution is -2.56. The quantitative estimate of drug-likeness (QED) is 0.750. The summed E-state index contributed by atoms with van der Waals surface area (Å²) in [5, 5.41) is 10.9. The predicted octanol–water partition coefficient (Wildman–Crippen LogP) is 3.10. The Hall–Kier alpha value is -2.37. The monoisotopic (exact) mass is 404 g/mol. The van der Waals surface area contributed by atoms with E-state index in [0.717, 1.165) is 5.56 Å². The molecule has 1 fully saturated rings. The van der Waals surface area contributed by atoms with Crippen molar-refractivity contribution in [3.8, 4) is 5.75 Å². The first-order valence-corrected chi connectivity index (χ1v) is 9.40. The first-order valence-electron chi connectivity index (χ1n) is 9.03. The van der Waals surface area contributed by atoms with Crippen LogP contribution in [0.2, 0.25) is 5.02 Å². The van der Waals surface area contributed by atoms with Gasteiger partial charge in [-0.25, -0.2) is 9.18 Å². The third-order valence-electron chi connectivity index (χ3n) is 4.73. The molecule has 2 unspecified atom stereocenters. The largest absolute Gasteiger partial charge is 0.478 e. The summed E-state index contributed by atoms with van der Waals surface area (Å²) in [5.74, 6) is 2.34. The van der Waals surface area contributed by atoms with Gasteiger partial charge in [-0.2, -0.15) is 0 Å². The van der Waals surface area contributed by atoms with Crippen molar-refractivity contribution in [2.75, 3.05) is 19.8 Å². The minimum absolute atomic E-state index is 0.215. The van der Waals surface area contributed by atoms with Crippen molar-refractivity contribution in [2.24, 2.45) is 0 Å². The van der Waals surface area contributed by atoms with Gasteiger partial charge in [-0.3, -0.25) is 4.90 Å². The fourth-order valence-corrected chi connectivity index (χ4v) is 3.46. The number of halogens is 2. The summed E-state index contributed by atoms with van der Waals surface area (Å²) in [4.78, 5) is 15.5. The van der Waals surface area contributed by atoms with E-state index in [-0.39, 0.29) is 12.5 Å². The van der Waals surface area contributed by atoms with Crippen LogP contribution in [0.5, 0.6) is 5.75 Å². The lowest BCUT2D eigenvalue weighted by atomic mass is 10.0. The third kappa shape index (κ3) is 4.91. The van der Waals surface area contributed by atoms with Gasteiger partial charge in [0.15, 0.2) is 0 Å². The number of hydrogen-bond acceptors (Lipinski definition) is 5. The zero-order valence-corrected chi connectivity index (χ0v) is 16.3. The lowest BCUT2D eigenvalue weighted by molar-refractivity contribution is -0.00668. The zero-order valence-electron chi connectivity index (χ0n) is 15.5. The molecule has 1 aliphatic rings. The Morgan fingerprint density at radius 2 is 1.89 bits per heavy atom. The van der Waals surface area contributed by atoms with E-state index in [1.165, 1.54) is 12.1 Å². The average molecular weight is 405 g/mol. The van der Waals surface area contributed by atoms with Gasteiger partial charge in [-0.05, 0) is 48.9 Å². The van der Waals surface area contributed by atoms with Crippen LogP contribution in [0.3, 0.4) is 0 Å². The molecule has 5 nitrogen and oxygen atoms in total. The summed E-state index contributed by atoms with van der Waals surface area (Å²) >= 11 is 5.88. The topological polar surface area (TPSA) is 53.0 Å². The molecular formula is C21H22ClFN2O3. The van der Waals surface area contributed by atoms with Gasteiger partial charge in [0.25, 0.3) is 0 Å². The van der Waals surface area contributed by atoms with Crippen molar-refractivity contribution in [3.63, 3.8) is 0 Å². The van der Waals surface area contributed by atoms with E-state index < -0.39 is 12.1 Å². The van der Waals surface area contributed by atoms with E-state index in [1.54, 1.807) is 43.3 Å². The molecule has 2 aromatic rings. The average Bonchev–Trinajstić information content (AvgIpc) is 2.69. The summed E-state index contributed by atoms with van der Waals surface area (Å²) in [6.45, 7) is 3.45. The van der Waals surface area contributed by atoms with Crippen molar-refractivity contribution in [3.05, 3.63) is 70.6 Å². The SMILES string of the molecule is CC(O)C1C(=C=O)N(Cc2ccc(F)cc2)CCN1COc1ccc(Cl)cc1. The second kappa shape index (κ2) is 9.22. The van der Waals surface area contributed by atoms with Crippen molar-refractivity contribution in [1.29, 1.82) is 0 Å². The number of aliphatic hydroxyl groups excluding tert-OH is 1. The molecule has 148 valence electrons. The highest BCUT2D eigenvalue weighted by Gasteiger charge is 2.36. The second-order valence-electron chi connectivity index (χ2n) is 6.76. The molecule has 1 heterocycles. The Bertz CT molecular complexity index is 836. The number of aliphatic hydroxyl groups is 1. The van der Waals surface area contributed by atoms with Gasteiger partial charge in [-0.15, -0.1) is 0 Å². The number of rotatable bonds is 6. The second-order valence-corrected chi connectivity index (χ2v) is 7.20. The summed E-state index contributed by atoms with van der Waals surface area (Å²) in [6.07, 6.45) is -0.790. The normalized spacial score (nSPS) is 18.6. The van der Waals surface area contributed by atoms with Crippen molar-refractivity contribution >= 4 is 17.5 Å². The molecule has 28 heavy (non-hydrogen) atoms. The van der Waals surface area contributed by atoms with Crippen LogP contribution in [-0.2, 0) is 11.3 Å². The summed E-state index contributed by atoms with van der Waals surface area (Å²) in [5.41, 5.74) is 1.25. The molecule has 0 aliphatic carbocycles. The maximum atomic E-state index is 13.1. The predicted molar refractivity (Wildman–Crippen MR) is 105 cm³/mol. The van der Waals surface area contributed by atoms with Gasteiger partial charge >= 0.3 is 0 Å². The number of carbonyl (C=O) groups excluding carboxylic acids is 1. The number of nitrogens with zero attached hydrogens (tertiary/aromatic N) is 2. The molecule has 2 aromatic carbocycles. The molecule has 0 radical (unpaired) electrons. The molecule has 7 heteroatoms. The Morgan fingerprint density at radius 1 is 1.21 bits per heavy atom. The van der Waals surface area contributed by atoms with Gasteiger partial charge in [-0.1, -0.05) is 23.7 Å². The number of ether oxygens (including phenoxy) is 1. The van der Waals surface area contributed by atoms with Gasteiger partial charge in [0.05, 0.1) is 12.1 Å². The first-order chi connectivity index (χ1) is 13.5. The Balaban J connectivity index is 1.71. The standard InChI is InChI=1S/C21H22ClFN2O3/c1-15(27)21-20(13-26)24(12-16-2-6-18(23)7-3-16)10-11-25(21)14-28-19-8-4-17(22)5-9-19/h2-9,15,21,27H,10-12,14H2,1H3. The minimum Gasteiger partial charge on any atom is -0.478 e. The van der Waals surface area contributed by atoms with Crippen LogP contribution in [0.1, 0.15) is 12.5 Å². The molecule has 0 amide bonds. The summed E-state index contributed by atoms with van der Waals surface area (Å²) in [6, 6.07) is 12.6. The highest BCUT2D eigenvalue weighted by Crippen LogP contribution is 2.25. The van der Waals surface area contributed by atoms with Gasteiger partial charge in [0.1, 0.15) is 29.9 Å². The summed E-state index contributed by atoms with van der Waals surface area (Å²) in [7, 11) is 0. The van der Waals surface area contributed by atoms with Crippen LogP contribution in [0.4, 0.5) is 4.39 Å². The van der Waals surface area contributed by atoms with E-state index in [0.29, 0.717) is 36.1 Å². The molecule has 0 aromatic heterocycles. The van der Waals surface area contributed by atoms with Crippen molar-refractivity contribution < 1.29 is 19.0 Å². The maximum Gasteiger partial charge on any atom is 0.147 e. The van der Waals surface area contributed by atoms with E-state index in [1.807, 2.05) is 15.7 Å². The van der Waals surface area contributed by atoms with Crippen LogP contribution in [0.25, 0.3) is 0 Å². The van der Waals surface area contributed by atoms with Crippen LogP contribution in [0.15, 0.2) is 54.2 Å².